The fourth-order valence-electron chi connectivity index (χ4n) is 3.41. The Morgan fingerprint density at radius 3 is 2.71 bits per heavy atom. The molecule has 0 spiro atoms. The Hall–Kier alpha value is -2.39. The lowest BCUT2D eigenvalue weighted by Crippen LogP contribution is -2.47. The van der Waals surface area contributed by atoms with Crippen molar-refractivity contribution < 1.29 is 22.7 Å². The van der Waals surface area contributed by atoms with E-state index in [0.29, 0.717) is 24.4 Å². The number of hydrogen-bond donors (Lipinski definition) is 2. The van der Waals surface area contributed by atoms with Crippen LogP contribution in [0, 0.1) is 5.41 Å². The summed E-state index contributed by atoms with van der Waals surface area (Å²) in [6.45, 7) is 2.78. The Balaban J connectivity index is 1.71. The summed E-state index contributed by atoms with van der Waals surface area (Å²) in [4.78, 5) is 12.6. The molecule has 3 rings (SSSR count). The van der Waals surface area contributed by atoms with Crippen molar-refractivity contribution in [2.45, 2.75) is 19.0 Å². The smallest absolute Gasteiger partial charge is 0.384 e. The zero-order valence-electron chi connectivity index (χ0n) is 15.6. The number of halogens is 3. The van der Waals surface area contributed by atoms with E-state index in [1.54, 1.807) is 25.3 Å². The van der Waals surface area contributed by atoms with Crippen LogP contribution in [0.25, 0.3) is 5.69 Å². The van der Waals surface area contributed by atoms with Crippen molar-refractivity contribution in [3.8, 4) is 5.69 Å². The second kappa shape index (κ2) is 8.32. The maximum Gasteiger partial charge on any atom is 0.435 e. The third-order valence-corrected chi connectivity index (χ3v) is 4.99. The van der Waals surface area contributed by atoms with E-state index < -0.39 is 11.9 Å². The van der Waals surface area contributed by atoms with Gasteiger partial charge >= 0.3 is 6.18 Å². The highest BCUT2D eigenvalue weighted by atomic mass is 19.4. The Kier molecular flexibility index (Phi) is 6.04. The van der Waals surface area contributed by atoms with Gasteiger partial charge < -0.3 is 15.4 Å². The molecule has 1 aliphatic rings. The second-order valence-electron chi connectivity index (χ2n) is 7.06. The molecule has 0 aliphatic carbocycles. The summed E-state index contributed by atoms with van der Waals surface area (Å²) < 4.78 is 44.7. The lowest BCUT2D eigenvalue weighted by atomic mass is 9.79. The maximum absolute atomic E-state index is 12.7. The number of methoxy groups -OCH3 is 1. The number of carbonyl (C=O) groups is 1. The Labute approximate surface area is 161 Å². The van der Waals surface area contributed by atoms with Crippen molar-refractivity contribution in [3.63, 3.8) is 0 Å². The topological polar surface area (TPSA) is 68.2 Å². The zero-order valence-corrected chi connectivity index (χ0v) is 15.6. The van der Waals surface area contributed by atoms with Crippen LogP contribution in [0.15, 0.2) is 36.5 Å². The van der Waals surface area contributed by atoms with E-state index in [1.807, 2.05) is 0 Å². The van der Waals surface area contributed by atoms with Gasteiger partial charge in [0.25, 0.3) is 5.91 Å². The van der Waals surface area contributed by atoms with Crippen LogP contribution in [0.4, 0.5) is 13.2 Å². The minimum atomic E-state index is -4.51. The van der Waals surface area contributed by atoms with Gasteiger partial charge in [0.15, 0.2) is 5.69 Å². The molecule has 0 radical (unpaired) electrons. The van der Waals surface area contributed by atoms with Gasteiger partial charge in [-0.05, 0) is 50.2 Å². The Bertz CT molecular complexity index is 808. The first-order chi connectivity index (χ1) is 13.3. The summed E-state index contributed by atoms with van der Waals surface area (Å²) in [5.74, 6) is -0.279. The summed E-state index contributed by atoms with van der Waals surface area (Å²) in [5, 5.41) is 9.79. The van der Waals surface area contributed by atoms with E-state index in [9.17, 15) is 18.0 Å². The molecule has 1 saturated heterocycles. The van der Waals surface area contributed by atoms with Crippen LogP contribution < -0.4 is 10.6 Å². The number of amides is 1. The number of rotatable bonds is 6. The number of piperidine rings is 1. The lowest BCUT2D eigenvalue weighted by molar-refractivity contribution is -0.141. The molecule has 2 heterocycles. The number of nitrogens with zero attached hydrogens (tertiary/aromatic N) is 2. The predicted molar refractivity (Wildman–Crippen MR) is 97.3 cm³/mol. The summed E-state index contributed by atoms with van der Waals surface area (Å²) in [7, 11) is 1.65. The average molecular weight is 396 g/mol. The van der Waals surface area contributed by atoms with Gasteiger partial charge in [-0.25, -0.2) is 4.68 Å². The molecule has 9 heteroatoms. The molecule has 1 aromatic heterocycles. The van der Waals surface area contributed by atoms with Crippen molar-refractivity contribution in [2.75, 3.05) is 33.4 Å². The van der Waals surface area contributed by atoms with Crippen molar-refractivity contribution in [1.82, 2.24) is 20.4 Å². The highest BCUT2D eigenvalue weighted by molar-refractivity contribution is 5.94. The van der Waals surface area contributed by atoms with E-state index in [4.69, 9.17) is 4.74 Å². The van der Waals surface area contributed by atoms with Gasteiger partial charge in [0.1, 0.15) is 0 Å². The molecule has 0 unspecified atom stereocenters. The highest BCUT2D eigenvalue weighted by Gasteiger charge is 2.34. The minimum Gasteiger partial charge on any atom is -0.384 e. The molecule has 2 aromatic rings. The molecule has 152 valence electrons. The monoisotopic (exact) mass is 396 g/mol. The summed E-state index contributed by atoms with van der Waals surface area (Å²) in [6.07, 6.45) is -1.49. The quantitative estimate of drug-likeness (QED) is 0.788. The molecule has 1 aromatic carbocycles. The molecule has 0 saturated carbocycles. The van der Waals surface area contributed by atoms with Gasteiger partial charge in [-0.15, -0.1) is 0 Å². The van der Waals surface area contributed by atoms with Crippen molar-refractivity contribution in [2.24, 2.45) is 5.41 Å². The number of ether oxygens (including phenoxy) is 1. The van der Waals surface area contributed by atoms with Gasteiger partial charge in [0, 0.05) is 30.8 Å². The predicted octanol–water partition coefficient (Wildman–Crippen LogP) is 2.64. The molecule has 2 N–H and O–H groups in total. The van der Waals surface area contributed by atoms with Crippen LogP contribution in [0.3, 0.4) is 0 Å². The van der Waals surface area contributed by atoms with Crippen LogP contribution in [-0.2, 0) is 10.9 Å². The fourth-order valence-corrected chi connectivity index (χ4v) is 3.41. The standard InChI is InChI=1S/C19H23F3N4O2/c1-28-13-18(6-8-23-9-7-18)12-24-17(27)14-3-2-4-15(11-14)26-10-5-16(25-26)19(20,21)22/h2-5,10-11,23H,6-9,12-13H2,1H3,(H,24,27). The molecular weight excluding hydrogens is 373 g/mol. The van der Waals surface area contributed by atoms with E-state index in [1.165, 1.54) is 12.3 Å². The van der Waals surface area contributed by atoms with Crippen molar-refractivity contribution >= 4 is 5.91 Å². The van der Waals surface area contributed by atoms with Crippen LogP contribution >= 0.6 is 0 Å². The third kappa shape index (κ3) is 4.71. The number of benzene rings is 1. The SMILES string of the molecule is COCC1(CNC(=O)c2cccc(-n3ccc(C(F)(F)F)n3)c2)CCNCC1. The normalized spacial score (nSPS) is 16.7. The summed E-state index contributed by atoms with van der Waals surface area (Å²) >= 11 is 0. The molecule has 0 atom stereocenters. The van der Waals surface area contributed by atoms with Crippen LogP contribution in [0.1, 0.15) is 28.9 Å². The minimum absolute atomic E-state index is 0.114. The van der Waals surface area contributed by atoms with Gasteiger partial charge in [-0.3, -0.25) is 4.79 Å². The number of carbonyl (C=O) groups excluding carboxylic acids is 1. The zero-order chi connectivity index (χ0) is 20.2. The van der Waals surface area contributed by atoms with Crippen LogP contribution in [-0.4, -0.2) is 49.0 Å². The largest absolute Gasteiger partial charge is 0.435 e. The van der Waals surface area contributed by atoms with E-state index >= 15 is 0 Å². The van der Waals surface area contributed by atoms with Gasteiger partial charge in [-0.2, -0.15) is 18.3 Å². The first kappa shape index (κ1) is 20.3. The average Bonchev–Trinajstić information content (AvgIpc) is 3.18. The van der Waals surface area contributed by atoms with E-state index in [-0.39, 0.29) is 11.3 Å². The molecule has 1 amide bonds. The van der Waals surface area contributed by atoms with Crippen molar-refractivity contribution in [3.05, 3.63) is 47.8 Å². The molecule has 28 heavy (non-hydrogen) atoms. The molecule has 1 fully saturated rings. The summed E-state index contributed by atoms with van der Waals surface area (Å²) in [5.41, 5.74) is -0.342. The fraction of sp³-hybridized carbons (Fsp3) is 0.474. The number of aromatic nitrogens is 2. The van der Waals surface area contributed by atoms with E-state index in [2.05, 4.69) is 15.7 Å². The molecular formula is C19H23F3N4O2. The van der Waals surface area contributed by atoms with Gasteiger partial charge in [-0.1, -0.05) is 6.07 Å². The Morgan fingerprint density at radius 1 is 1.32 bits per heavy atom. The lowest BCUT2D eigenvalue weighted by Gasteiger charge is -2.37. The summed E-state index contributed by atoms with van der Waals surface area (Å²) in [6, 6.07) is 7.27. The van der Waals surface area contributed by atoms with Gasteiger partial charge in [0.2, 0.25) is 0 Å². The number of hydrogen-bond acceptors (Lipinski definition) is 4. The number of alkyl halides is 3. The van der Waals surface area contributed by atoms with Crippen LogP contribution in [0.2, 0.25) is 0 Å². The first-order valence-corrected chi connectivity index (χ1v) is 9.04. The van der Waals surface area contributed by atoms with Gasteiger partial charge in [0.05, 0.1) is 12.3 Å². The maximum atomic E-state index is 12.7. The highest BCUT2D eigenvalue weighted by Crippen LogP contribution is 2.29. The molecule has 6 nitrogen and oxygen atoms in total. The number of nitrogens with one attached hydrogen (secondary N) is 2. The molecule has 0 bridgehead atoms. The van der Waals surface area contributed by atoms with Crippen LogP contribution in [0.5, 0.6) is 0 Å². The second-order valence-corrected chi connectivity index (χ2v) is 7.06. The Morgan fingerprint density at radius 2 is 2.07 bits per heavy atom. The molecule has 1 aliphatic heterocycles. The first-order valence-electron chi connectivity index (χ1n) is 9.04. The van der Waals surface area contributed by atoms with Crippen molar-refractivity contribution in [1.29, 1.82) is 0 Å². The third-order valence-electron chi connectivity index (χ3n) is 4.99. The van der Waals surface area contributed by atoms with E-state index in [0.717, 1.165) is 36.7 Å².